The highest BCUT2D eigenvalue weighted by Gasteiger charge is 2.27. The van der Waals surface area contributed by atoms with Crippen molar-refractivity contribution in [1.29, 1.82) is 0 Å². The fourth-order valence-corrected chi connectivity index (χ4v) is 3.84. The van der Waals surface area contributed by atoms with Crippen LogP contribution < -0.4 is 21.3 Å². The second-order valence-corrected chi connectivity index (χ2v) is 8.33. The first kappa shape index (κ1) is 20.7. The highest BCUT2D eigenvalue weighted by Crippen LogP contribution is 2.37. The third-order valence-corrected chi connectivity index (χ3v) is 5.66. The first-order valence-corrected chi connectivity index (χ1v) is 10.5. The lowest BCUT2D eigenvalue weighted by atomic mass is 9.78. The van der Waals surface area contributed by atoms with Gasteiger partial charge in [0.2, 0.25) is 0 Å². The molecule has 0 saturated carbocycles. The van der Waals surface area contributed by atoms with Crippen molar-refractivity contribution in [3.63, 3.8) is 0 Å². The number of rotatable bonds is 6. The lowest BCUT2D eigenvalue weighted by Crippen LogP contribution is -2.28. The summed E-state index contributed by atoms with van der Waals surface area (Å²) in [7, 11) is 1.83. The molecule has 4 rings (SSSR count). The van der Waals surface area contributed by atoms with E-state index in [1.54, 1.807) is 24.5 Å². The van der Waals surface area contributed by atoms with Crippen molar-refractivity contribution in [3.05, 3.63) is 71.5 Å². The van der Waals surface area contributed by atoms with Gasteiger partial charge in [-0.15, -0.1) is 0 Å². The third-order valence-electron chi connectivity index (χ3n) is 5.66. The van der Waals surface area contributed by atoms with Gasteiger partial charge in [0.25, 0.3) is 5.91 Å². The van der Waals surface area contributed by atoms with Crippen molar-refractivity contribution in [2.45, 2.75) is 32.2 Å². The molecule has 1 aliphatic heterocycles. The molecule has 31 heavy (non-hydrogen) atoms. The highest BCUT2D eigenvalue weighted by molar-refractivity contribution is 6.07. The van der Waals surface area contributed by atoms with E-state index in [0.29, 0.717) is 17.9 Å². The summed E-state index contributed by atoms with van der Waals surface area (Å²) < 4.78 is 0. The standard InChI is InChI=1S/C24H28N6O/c1-24(2)9-12-26-20-14-17(6-7-19(20)24)30-23(31)18-5-4-10-28-22(18)29-15-16-8-11-27-21(13-16)25-3/h4-8,10-11,13-14,26H,9,12,15H2,1-3H3,(H,25,27)(H,28,29)(H,30,31). The van der Waals surface area contributed by atoms with Crippen LogP contribution in [-0.4, -0.2) is 29.5 Å². The molecule has 1 amide bonds. The third kappa shape index (κ3) is 4.60. The van der Waals surface area contributed by atoms with Crippen LogP contribution in [0.5, 0.6) is 0 Å². The number of nitrogens with zero attached hydrogens (tertiary/aromatic N) is 2. The van der Waals surface area contributed by atoms with Crippen LogP contribution in [0, 0.1) is 0 Å². The van der Waals surface area contributed by atoms with E-state index < -0.39 is 0 Å². The number of pyridine rings is 2. The van der Waals surface area contributed by atoms with Crippen LogP contribution in [0.3, 0.4) is 0 Å². The fourth-order valence-electron chi connectivity index (χ4n) is 3.84. The summed E-state index contributed by atoms with van der Waals surface area (Å²) in [5.74, 6) is 1.14. The van der Waals surface area contributed by atoms with Gasteiger partial charge >= 0.3 is 0 Å². The predicted octanol–water partition coefficient (Wildman–Crippen LogP) is 4.48. The molecule has 0 unspecified atom stereocenters. The van der Waals surface area contributed by atoms with Gasteiger partial charge < -0.3 is 21.3 Å². The van der Waals surface area contributed by atoms with E-state index in [1.165, 1.54) is 5.56 Å². The van der Waals surface area contributed by atoms with Crippen molar-refractivity contribution in [1.82, 2.24) is 9.97 Å². The molecule has 0 saturated heterocycles. The molecule has 0 spiro atoms. The SMILES string of the molecule is CNc1cc(CNc2ncccc2C(=O)Nc2ccc3c(c2)NCCC3(C)C)ccn1. The van der Waals surface area contributed by atoms with Crippen molar-refractivity contribution in [3.8, 4) is 0 Å². The predicted molar refractivity (Wildman–Crippen MR) is 126 cm³/mol. The van der Waals surface area contributed by atoms with Crippen molar-refractivity contribution >= 4 is 28.9 Å². The maximum Gasteiger partial charge on any atom is 0.259 e. The summed E-state index contributed by atoms with van der Waals surface area (Å²) in [6, 6.07) is 13.5. The Balaban J connectivity index is 1.49. The number of nitrogens with one attached hydrogen (secondary N) is 4. The zero-order chi connectivity index (χ0) is 21.8. The molecule has 0 radical (unpaired) electrons. The molecule has 7 nitrogen and oxygen atoms in total. The Labute approximate surface area is 182 Å². The van der Waals surface area contributed by atoms with E-state index in [1.807, 2.05) is 31.3 Å². The quantitative estimate of drug-likeness (QED) is 0.474. The maximum atomic E-state index is 13.0. The summed E-state index contributed by atoms with van der Waals surface area (Å²) in [6.07, 6.45) is 4.51. The number of hydrogen-bond donors (Lipinski definition) is 4. The number of hydrogen-bond acceptors (Lipinski definition) is 6. The van der Waals surface area contributed by atoms with E-state index in [-0.39, 0.29) is 11.3 Å². The van der Waals surface area contributed by atoms with Gasteiger partial charge in [-0.3, -0.25) is 4.79 Å². The highest BCUT2D eigenvalue weighted by atomic mass is 16.1. The van der Waals surface area contributed by atoms with Crippen LogP contribution >= 0.6 is 0 Å². The molecule has 1 aliphatic rings. The van der Waals surface area contributed by atoms with Gasteiger partial charge in [0.05, 0.1) is 5.56 Å². The number of carbonyl (C=O) groups excluding carboxylic acids is 1. The Morgan fingerprint density at radius 1 is 1.13 bits per heavy atom. The average Bonchev–Trinajstić information content (AvgIpc) is 2.77. The van der Waals surface area contributed by atoms with Gasteiger partial charge in [-0.25, -0.2) is 9.97 Å². The molecule has 1 aromatic carbocycles. The van der Waals surface area contributed by atoms with Crippen LogP contribution in [0.15, 0.2) is 54.9 Å². The molecular weight excluding hydrogens is 388 g/mol. The van der Waals surface area contributed by atoms with Crippen LogP contribution in [-0.2, 0) is 12.0 Å². The molecule has 2 aromatic heterocycles. The van der Waals surface area contributed by atoms with Crippen LogP contribution in [0.1, 0.15) is 41.8 Å². The molecule has 0 bridgehead atoms. The lowest BCUT2D eigenvalue weighted by Gasteiger charge is -2.33. The smallest absolute Gasteiger partial charge is 0.259 e. The van der Waals surface area contributed by atoms with Gasteiger partial charge in [-0.2, -0.15) is 0 Å². The number of benzene rings is 1. The van der Waals surface area contributed by atoms with Crippen molar-refractivity contribution in [2.75, 3.05) is 34.9 Å². The molecule has 0 aliphatic carbocycles. The summed E-state index contributed by atoms with van der Waals surface area (Å²) >= 11 is 0. The molecule has 0 atom stereocenters. The van der Waals surface area contributed by atoms with E-state index in [2.05, 4.69) is 51.1 Å². The summed E-state index contributed by atoms with van der Waals surface area (Å²) in [5, 5.41) is 12.8. The molecule has 160 valence electrons. The zero-order valence-corrected chi connectivity index (χ0v) is 18.1. The van der Waals surface area contributed by atoms with E-state index >= 15 is 0 Å². The maximum absolute atomic E-state index is 13.0. The van der Waals surface area contributed by atoms with Gasteiger partial charge in [-0.05, 0) is 59.4 Å². The number of aromatic nitrogens is 2. The average molecular weight is 417 g/mol. The second kappa shape index (κ2) is 8.63. The van der Waals surface area contributed by atoms with Crippen LogP contribution in [0.2, 0.25) is 0 Å². The second-order valence-electron chi connectivity index (χ2n) is 8.33. The molecular formula is C24H28N6O. The van der Waals surface area contributed by atoms with Crippen molar-refractivity contribution < 1.29 is 4.79 Å². The van der Waals surface area contributed by atoms with Crippen LogP contribution in [0.4, 0.5) is 23.0 Å². The Kier molecular flexibility index (Phi) is 5.75. The Morgan fingerprint density at radius 2 is 2.00 bits per heavy atom. The molecule has 4 N–H and O–H groups in total. The molecule has 7 heteroatoms. The zero-order valence-electron chi connectivity index (χ0n) is 18.1. The Bertz CT molecular complexity index is 1090. The van der Waals surface area contributed by atoms with Crippen molar-refractivity contribution in [2.24, 2.45) is 0 Å². The molecule has 3 aromatic rings. The minimum atomic E-state index is -0.198. The normalized spacial score (nSPS) is 14.2. The minimum Gasteiger partial charge on any atom is -0.385 e. The Hall–Kier alpha value is -3.61. The van der Waals surface area contributed by atoms with E-state index in [4.69, 9.17) is 0 Å². The topological polar surface area (TPSA) is 91.0 Å². The van der Waals surface area contributed by atoms with E-state index in [0.717, 1.165) is 35.7 Å². The lowest BCUT2D eigenvalue weighted by molar-refractivity contribution is 0.102. The van der Waals surface area contributed by atoms with Gasteiger partial charge in [0.15, 0.2) is 0 Å². The Morgan fingerprint density at radius 3 is 2.84 bits per heavy atom. The molecule has 0 fully saturated rings. The van der Waals surface area contributed by atoms with Gasteiger partial charge in [-0.1, -0.05) is 19.9 Å². The van der Waals surface area contributed by atoms with Crippen LogP contribution in [0.25, 0.3) is 0 Å². The minimum absolute atomic E-state index is 0.129. The fraction of sp³-hybridized carbons (Fsp3) is 0.292. The summed E-state index contributed by atoms with van der Waals surface area (Å²) in [5.41, 5.74) is 4.78. The number of carbonyl (C=O) groups is 1. The summed E-state index contributed by atoms with van der Waals surface area (Å²) in [6.45, 7) is 5.96. The number of anilines is 4. The summed E-state index contributed by atoms with van der Waals surface area (Å²) in [4.78, 5) is 21.6. The largest absolute Gasteiger partial charge is 0.385 e. The van der Waals surface area contributed by atoms with Gasteiger partial charge in [0.1, 0.15) is 11.6 Å². The number of amides is 1. The first-order valence-electron chi connectivity index (χ1n) is 10.5. The monoisotopic (exact) mass is 416 g/mol. The van der Waals surface area contributed by atoms with E-state index in [9.17, 15) is 4.79 Å². The number of fused-ring (bicyclic) bond motifs is 1. The molecule has 3 heterocycles. The van der Waals surface area contributed by atoms with Gasteiger partial charge in [0, 0.05) is 43.9 Å². The first-order chi connectivity index (χ1) is 15.0.